The molecule has 2 atom stereocenters. The lowest BCUT2D eigenvalue weighted by molar-refractivity contribution is -0.130. The normalized spacial score (nSPS) is 26.1. The van der Waals surface area contributed by atoms with Crippen molar-refractivity contribution in [3.63, 3.8) is 0 Å². The summed E-state index contributed by atoms with van der Waals surface area (Å²) in [6.07, 6.45) is 4.31. The van der Waals surface area contributed by atoms with E-state index in [1.54, 1.807) is 4.90 Å². The zero-order valence-electron chi connectivity index (χ0n) is 15.6. The molecule has 27 heavy (non-hydrogen) atoms. The highest BCUT2D eigenvalue weighted by Gasteiger charge is 2.43. The topological polar surface area (TPSA) is 67.7 Å². The summed E-state index contributed by atoms with van der Waals surface area (Å²) in [5.74, 6) is 0.169. The monoisotopic (exact) mass is 384 g/mol. The number of carbonyl (C=O) groups excluding carboxylic acids is 2. The van der Waals surface area contributed by atoms with Crippen molar-refractivity contribution < 1.29 is 9.59 Å². The molecule has 6 nitrogen and oxygen atoms in total. The number of hydrogen-bond donors (Lipinski definition) is 0. The molecule has 3 heterocycles. The zero-order chi connectivity index (χ0) is 19.0. The smallest absolute Gasteiger partial charge is 0.266 e. The Morgan fingerprint density at radius 2 is 1.96 bits per heavy atom. The summed E-state index contributed by atoms with van der Waals surface area (Å²) in [6.45, 7) is 2.60. The second-order valence-corrected chi connectivity index (χ2v) is 8.32. The van der Waals surface area contributed by atoms with Crippen LogP contribution in [0.25, 0.3) is 0 Å². The molecule has 1 aromatic heterocycles. The van der Waals surface area contributed by atoms with E-state index < -0.39 is 0 Å². The second kappa shape index (κ2) is 7.35. The lowest BCUT2D eigenvalue weighted by Crippen LogP contribution is -2.55. The molecule has 142 valence electrons. The molecule has 4 rings (SSSR count). The molecule has 0 radical (unpaired) electrons. The number of amides is 2. The highest BCUT2D eigenvalue weighted by Crippen LogP contribution is 2.40. The van der Waals surface area contributed by atoms with E-state index in [0.29, 0.717) is 31.8 Å². The van der Waals surface area contributed by atoms with E-state index in [2.05, 4.69) is 11.0 Å². The number of nitrogens with zero attached hydrogens (tertiary/aromatic N) is 4. The van der Waals surface area contributed by atoms with Crippen LogP contribution in [0.15, 0.2) is 28.1 Å². The molecule has 1 saturated carbocycles. The first kappa shape index (κ1) is 18.1. The Bertz CT molecular complexity index is 802. The zero-order valence-corrected chi connectivity index (χ0v) is 16.4. The maximum Gasteiger partial charge on any atom is 0.266 e. The van der Waals surface area contributed by atoms with Crippen molar-refractivity contribution in [2.24, 2.45) is 5.92 Å². The van der Waals surface area contributed by atoms with Crippen LogP contribution in [0.4, 0.5) is 0 Å². The maximum absolute atomic E-state index is 12.7. The summed E-state index contributed by atoms with van der Waals surface area (Å²) in [4.78, 5) is 31.2. The number of fused-ring (bicyclic) bond motifs is 1. The fraction of sp³-hybridized carbons (Fsp3) is 0.550. The third-order valence-corrected chi connectivity index (χ3v) is 6.84. The van der Waals surface area contributed by atoms with Gasteiger partial charge in [0, 0.05) is 56.3 Å². The van der Waals surface area contributed by atoms with E-state index in [4.69, 9.17) is 0 Å². The predicted octanol–water partition coefficient (Wildman–Crippen LogP) is 2.31. The predicted molar refractivity (Wildman–Crippen MR) is 103 cm³/mol. The largest absolute Gasteiger partial charge is 0.370 e. The van der Waals surface area contributed by atoms with Crippen LogP contribution in [0.1, 0.15) is 36.0 Å². The Balaban J connectivity index is 1.55. The van der Waals surface area contributed by atoms with Gasteiger partial charge >= 0.3 is 0 Å². The van der Waals surface area contributed by atoms with E-state index >= 15 is 0 Å². The van der Waals surface area contributed by atoms with Crippen LogP contribution in [-0.2, 0) is 4.79 Å². The maximum atomic E-state index is 12.7. The van der Waals surface area contributed by atoms with Crippen LogP contribution in [-0.4, -0.2) is 65.8 Å². The standard InChI is InChI=1S/C20H24N4O2S/c1-22-17-5-3-2-4-15(17)18(16(12-21)20(22)26)23-7-9-24(10-8-23)19(25)14-6-11-27-13-14/h6,11,13,15,17H,2-5,7-10H2,1H3. The van der Waals surface area contributed by atoms with Gasteiger partial charge in [-0.3, -0.25) is 9.59 Å². The molecular formula is C20H24N4O2S. The Morgan fingerprint density at radius 1 is 1.22 bits per heavy atom. The first-order chi connectivity index (χ1) is 13.1. The van der Waals surface area contributed by atoms with Crippen molar-refractivity contribution in [1.29, 1.82) is 5.26 Å². The lowest BCUT2D eigenvalue weighted by Gasteiger charge is -2.48. The minimum absolute atomic E-state index is 0.0698. The van der Waals surface area contributed by atoms with Crippen molar-refractivity contribution in [1.82, 2.24) is 14.7 Å². The third-order valence-electron chi connectivity index (χ3n) is 6.16. The molecule has 1 saturated heterocycles. The van der Waals surface area contributed by atoms with Gasteiger partial charge < -0.3 is 14.7 Å². The van der Waals surface area contributed by atoms with E-state index in [-0.39, 0.29) is 23.8 Å². The summed E-state index contributed by atoms with van der Waals surface area (Å²) >= 11 is 1.53. The fourth-order valence-electron chi connectivity index (χ4n) is 4.73. The van der Waals surface area contributed by atoms with Crippen LogP contribution in [0, 0.1) is 17.2 Å². The van der Waals surface area contributed by atoms with Crippen LogP contribution in [0.5, 0.6) is 0 Å². The van der Waals surface area contributed by atoms with Gasteiger partial charge in [0.05, 0.1) is 5.56 Å². The number of hydrogen-bond acceptors (Lipinski definition) is 5. The Hall–Kier alpha value is -2.33. The second-order valence-electron chi connectivity index (χ2n) is 7.54. The van der Waals surface area contributed by atoms with Gasteiger partial charge in [-0.2, -0.15) is 16.6 Å². The van der Waals surface area contributed by atoms with E-state index in [1.165, 1.54) is 11.3 Å². The molecule has 0 N–H and O–H groups in total. The fourth-order valence-corrected chi connectivity index (χ4v) is 5.36. The van der Waals surface area contributed by atoms with Crippen molar-refractivity contribution >= 4 is 23.2 Å². The number of thiophene rings is 1. The summed E-state index contributed by atoms with van der Waals surface area (Å²) in [6, 6.07) is 4.25. The molecule has 2 aliphatic heterocycles. The molecule has 0 aromatic carbocycles. The molecule has 3 aliphatic rings. The first-order valence-corrected chi connectivity index (χ1v) is 10.5. The molecule has 0 bridgehead atoms. The van der Waals surface area contributed by atoms with Gasteiger partial charge in [-0.25, -0.2) is 0 Å². The van der Waals surface area contributed by atoms with Crippen molar-refractivity contribution in [3.8, 4) is 6.07 Å². The minimum Gasteiger partial charge on any atom is -0.370 e. The van der Waals surface area contributed by atoms with E-state index in [9.17, 15) is 14.9 Å². The average Bonchev–Trinajstić information content (AvgIpc) is 3.25. The van der Waals surface area contributed by atoms with Crippen LogP contribution in [0.2, 0.25) is 0 Å². The van der Waals surface area contributed by atoms with E-state index in [0.717, 1.165) is 36.9 Å². The third kappa shape index (κ3) is 3.12. The SMILES string of the molecule is CN1C(=O)C(C#N)=C(N2CCN(C(=O)c3ccsc3)CC2)C2CCCCC21. The van der Waals surface area contributed by atoms with Crippen LogP contribution >= 0.6 is 11.3 Å². The molecule has 1 aromatic rings. The van der Waals surface area contributed by atoms with Gasteiger partial charge in [-0.1, -0.05) is 12.8 Å². The van der Waals surface area contributed by atoms with Crippen LogP contribution in [0.3, 0.4) is 0 Å². The lowest BCUT2D eigenvalue weighted by atomic mass is 9.77. The summed E-state index contributed by atoms with van der Waals surface area (Å²) in [5, 5.41) is 13.5. The number of piperazine rings is 1. The van der Waals surface area contributed by atoms with Crippen molar-refractivity contribution in [2.45, 2.75) is 31.7 Å². The number of likely N-dealkylation sites (N-methyl/N-ethyl adjacent to an activating group) is 1. The molecule has 7 heteroatoms. The van der Waals surface area contributed by atoms with E-state index in [1.807, 2.05) is 28.8 Å². The number of rotatable bonds is 2. The van der Waals surface area contributed by atoms with Crippen LogP contribution < -0.4 is 0 Å². The average molecular weight is 385 g/mol. The number of carbonyl (C=O) groups is 2. The Kier molecular flexibility index (Phi) is 4.92. The highest BCUT2D eigenvalue weighted by molar-refractivity contribution is 7.08. The van der Waals surface area contributed by atoms with Gasteiger partial charge in [0.15, 0.2) is 0 Å². The summed E-state index contributed by atoms with van der Waals surface area (Å²) < 4.78 is 0. The minimum atomic E-state index is -0.146. The molecular weight excluding hydrogens is 360 g/mol. The van der Waals surface area contributed by atoms with Gasteiger partial charge in [0.1, 0.15) is 11.6 Å². The Morgan fingerprint density at radius 3 is 2.63 bits per heavy atom. The van der Waals surface area contributed by atoms with Gasteiger partial charge in [-0.05, 0) is 24.3 Å². The van der Waals surface area contributed by atoms with Gasteiger partial charge in [0.2, 0.25) is 0 Å². The van der Waals surface area contributed by atoms with Gasteiger partial charge in [-0.15, -0.1) is 0 Å². The molecule has 1 aliphatic carbocycles. The van der Waals surface area contributed by atoms with Crippen molar-refractivity contribution in [2.75, 3.05) is 33.2 Å². The molecule has 2 amide bonds. The molecule has 2 unspecified atom stereocenters. The van der Waals surface area contributed by atoms with Gasteiger partial charge in [0.25, 0.3) is 11.8 Å². The molecule has 2 fully saturated rings. The number of nitriles is 1. The summed E-state index contributed by atoms with van der Waals surface area (Å²) in [5.41, 5.74) is 1.98. The highest BCUT2D eigenvalue weighted by atomic mass is 32.1. The van der Waals surface area contributed by atoms with Crippen molar-refractivity contribution in [3.05, 3.63) is 33.7 Å². The Labute approximate surface area is 163 Å². The summed E-state index contributed by atoms with van der Waals surface area (Å²) in [7, 11) is 1.83. The first-order valence-electron chi connectivity index (χ1n) is 9.59. The quantitative estimate of drug-likeness (QED) is 0.785. The molecule has 0 spiro atoms.